The van der Waals surface area contributed by atoms with Crippen LogP contribution in [-0.2, 0) is 0 Å². The number of aromatic amines is 1. The molecule has 2 aromatic heterocycles. The summed E-state index contributed by atoms with van der Waals surface area (Å²) in [5.41, 5.74) is 4.05. The molecule has 0 unspecified atom stereocenters. The Hall–Kier alpha value is -3.21. The van der Waals surface area contributed by atoms with Crippen LogP contribution in [0.15, 0.2) is 67.1 Å². The number of rotatable bonds is 3. The fraction of sp³-hybridized carbons (Fsp3) is 0. The lowest BCUT2D eigenvalue weighted by Crippen LogP contribution is -1.96. The lowest BCUT2D eigenvalue weighted by atomic mass is 10.1. The van der Waals surface area contributed by atoms with Crippen LogP contribution in [0, 0.1) is 0 Å². The molecule has 0 atom stereocenters. The zero-order valence-corrected chi connectivity index (χ0v) is 11.7. The molecule has 106 valence electrons. The van der Waals surface area contributed by atoms with Crippen LogP contribution in [0.4, 0.5) is 11.6 Å². The summed E-state index contributed by atoms with van der Waals surface area (Å²) in [6.45, 7) is 0. The van der Waals surface area contributed by atoms with E-state index in [0.717, 1.165) is 27.7 Å². The van der Waals surface area contributed by atoms with E-state index in [2.05, 4.69) is 25.5 Å². The Morgan fingerprint density at radius 1 is 0.864 bits per heavy atom. The number of fused-ring (bicyclic) bond motifs is 1. The van der Waals surface area contributed by atoms with Crippen LogP contribution in [0.5, 0.6) is 0 Å². The number of hydrogen-bond acceptors (Lipinski definition) is 4. The van der Waals surface area contributed by atoms with Gasteiger partial charge in [-0.15, -0.1) is 0 Å². The molecule has 4 aromatic rings. The first kappa shape index (κ1) is 12.5. The molecule has 0 aliphatic heterocycles. The van der Waals surface area contributed by atoms with E-state index in [1.54, 1.807) is 6.20 Å². The first-order chi connectivity index (χ1) is 10.9. The van der Waals surface area contributed by atoms with Crippen LogP contribution in [0.2, 0.25) is 0 Å². The Balaban J connectivity index is 1.59. The summed E-state index contributed by atoms with van der Waals surface area (Å²) in [5, 5.41) is 11.0. The van der Waals surface area contributed by atoms with E-state index in [9.17, 15) is 0 Å². The number of hydrogen-bond donors (Lipinski definition) is 2. The molecule has 22 heavy (non-hydrogen) atoms. The van der Waals surface area contributed by atoms with Crippen molar-refractivity contribution in [2.75, 3.05) is 5.32 Å². The third-order valence-corrected chi connectivity index (χ3v) is 3.46. The zero-order valence-electron chi connectivity index (χ0n) is 11.7. The van der Waals surface area contributed by atoms with Gasteiger partial charge in [-0.05, 0) is 23.8 Å². The van der Waals surface area contributed by atoms with Crippen LogP contribution < -0.4 is 5.32 Å². The molecule has 2 aromatic carbocycles. The van der Waals surface area contributed by atoms with Crippen molar-refractivity contribution >= 4 is 22.5 Å². The van der Waals surface area contributed by atoms with Crippen molar-refractivity contribution in [2.24, 2.45) is 0 Å². The second-order valence-electron chi connectivity index (χ2n) is 4.94. The van der Waals surface area contributed by atoms with Gasteiger partial charge >= 0.3 is 0 Å². The lowest BCUT2D eigenvalue weighted by molar-refractivity contribution is 1.09. The molecule has 0 radical (unpaired) electrons. The SMILES string of the molecule is c1ccc2nc(Nc3ccc(-c4cn[nH]c4)cc3)ncc2c1. The monoisotopic (exact) mass is 287 g/mol. The van der Waals surface area contributed by atoms with Gasteiger partial charge in [-0.2, -0.15) is 5.10 Å². The molecular weight excluding hydrogens is 274 g/mol. The van der Waals surface area contributed by atoms with Crippen LogP contribution in [0.3, 0.4) is 0 Å². The summed E-state index contributed by atoms with van der Waals surface area (Å²) in [6.07, 6.45) is 5.49. The van der Waals surface area contributed by atoms with Crippen molar-refractivity contribution in [3.8, 4) is 11.1 Å². The summed E-state index contributed by atoms with van der Waals surface area (Å²) in [6, 6.07) is 16.0. The average molecular weight is 287 g/mol. The Morgan fingerprint density at radius 3 is 2.55 bits per heavy atom. The van der Waals surface area contributed by atoms with Gasteiger partial charge in [-0.1, -0.05) is 30.3 Å². The first-order valence-electron chi connectivity index (χ1n) is 6.96. The molecule has 0 aliphatic carbocycles. The summed E-state index contributed by atoms with van der Waals surface area (Å²) in [5.74, 6) is 0.592. The maximum Gasteiger partial charge on any atom is 0.227 e. The smallest absolute Gasteiger partial charge is 0.227 e. The van der Waals surface area contributed by atoms with Crippen molar-refractivity contribution in [1.29, 1.82) is 0 Å². The fourth-order valence-corrected chi connectivity index (χ4v) is 2.32. The number of aromatic nitrogens is 4. The second-order valence-corrected chi connectivity index (χ2v) is 4.94. The molecule has 0 saturated carbocycles. The largest absolute Gasteiger partial charge is 0.324 e. The van der Waals surface area contributed by atoms with Gasteiger partial charge in [-0.25, -0.2) is 9.97 Å². The summed E-state index contributed by atoms with van der Waals surface area (Å²) in [4.78, 5) is 8.84. The standard InChI is InChI=1S/C17H13N5/c1-2-4-16-13(3-1)9-18-17(22-16)21-15-7-5-12(6-8-15)14-10-19-20-11-14/h1-11H,(H,19,20)(H,18,21,22). The van der Waals surface area contributed by atoms with Gasteiger partial charge in [0.05, 0.1) is 11.7 Å². The highest BCUT2D eigenvalue weighted by Gasteiger charge is 2.02. The van der Waals surface area contributed by atoms with E-state index in [0.29, 0.717) is 5.95 Å². The number of nitrogens with zero attached hydrogens (tertiary/aromatic N) is 3. The topological polar surface area (TPSA) is 66.5 Å². The van der Waals surface area contributed by atoms with Crippen molar-refractivity contribution in [1.82, 2.24) is 20.2 Å². The first-order valence-corrected chi connectivity index (χ1v) is 6.96. The normalized spacial score (nSPS) is 10.7. The molecule has 0 fully saturated rings. The number of H-pyrrole nitrogens is 1. The molecule has 5 heteroatoms. The maximum absolute atomic E-state index is 4.51. The van der Waals surface area contributed by atoms with Crippen molar-refractivity contribution in [2.45, 2.75) is 0 Å². The third-order valence-electron chi connectivity index (χ3n) is 3.46. The fourth-order valence-electron chi connectivity index (χ4n) is 2.32. The van der Waals surface area contributed by atoms with E-state index < -0.39 is 0 Å². The predicted molar refractivity (Wildman–Crippen MR) is 86.8 cm³/mol. The highest BCUT2D eigenvalue weighted by Crippen LogP contribution is 2.22. The highest BCUT2D eigenvalue weighted by atomic mass is 15.1. The molecule has 2 heterocycles. The molecule has 0 saturated heterocycles. The number of anilines is 2. The molecule has 0 amide bonds. The molecule has 2 N–H and O–H groups in total. The van der Waals surface area contributed by atoms with Crippen molar-refractivity contribution in [3.05, 3.63) is 67.1 Å². The van der Waals surface area contributed by atoms with Crippen LogP contribution >= 0.6 is 0 Å². The minimum atomic E-state index is 0.592. The van der Waals surface area contributed by atoms with Crippen LogP contribution in [0.1, 0.15) is 0 Å². The van der Waals surface area contributed by atoms with Crippen molar-refractivity contribution < 1.29 is 0 Å². The molecule has 0 spiro atoms. The number of para-hydroxylation sites is 1. The number of benzene rings is 2. The van der Waals surface area contributed by atoms with Crippen molar-refractivity contribution in [3.63, 3.8) is 0 Å². The van der Waals surface area contributed by atoms with E-state index in [1.807, 2.05) is 60.9 Å². The third kappa shape index (κ3) is 2.40. The Labute approximate surface area is 127 Å². The summed E-state index contributed by atoms with van der Waals surface area (Å²) >= 11 is 0. The zero-order chi connectivity index (χ0) is 14.8. The van der Waals surface area contributed by atoms with E-state index in [1.165, 1.54) is 0 Å². The van der Waals surface area contributed by atoms with Gasteiger partial charge in [-0.3, -0.25) is 5.10 Å². The highest BCUT2D eigenvalue weighted by molar-refractivity contribution is 5.79. The lowest BCUT2D eigenvalue weighted by Gasteiger charge is -2.06. The van der Waals surface area contributed by atoms with Gasteiger partial charge in [0, 0.05) is 29.0 Å². The van der Waals surface area contributed by atoms with E-state index in [4.69, 9.17) is 0 Å². The van der Waals surface area contributed by atoms with Crippen LogP contribution in [0.25, 0.3) is 22.0 Å². The number of nitrogens with one attached hydrogen (secondary N) is 2. The molecule has 4 rings (SSSR count). The Bertz CT molecular complexity index is 898. The minimum absolute atomic E-state index is 0.592. The average Bonchev–Trinajstić information content (AvgIpc) is 3.10. The quantitative estimate of drug-likeness (QED) is 0.602. The summed E-state index contributed by atoms with van der Waals surface area (Å²) < 4.78 is 0. The van der Waals surface area contributed by atoms with Gasteiger partial charge in [0.2, 0.25) is 5.95 Å². The van der Waals surface area contributed by atoms with Gasteiger partial charge in [0.1, 0.15) is 0 Å². The van der Waals surface area contributed by atoms with Gasteiger partial charge in [0.25, 0.3) is 0 Å². The van der Waals surface area contributed by atoms with Crippen LogP contribution in [-0.4, -0.2) is 20.2 Å². The molecule has 0 aliphatic rings. The summed E-state index contributed by atoms with van der Waals surface area (Å²) in [7, 11) is 0. The predicted octanol–water partition coefficient (Wildman–Crippen LogP) is 3.76. The van der Waals surface area contributed by atoms with Gasteiger partial charge < -0.3 is 5.32 Å². The maximum atomic E-state index is 4.51. The molecule has 5 nitrogen and oxygen atoms in total. The molecular formula is C17H13N5. The minimum Gasteiger partial charge on any atom is -0.324 e. The van der Waals surface area contributed by atoms with Gasteiger partial charge in [0.15, 0.2) is 0 Å². The van der Waals surface area contributed by atoms with E-state index in [-0.39, 0.29) is 0 Å². The Kier molecular flexibility index (Phi) is 3.01. The second kappa shape index (κ2) is 5.29. The Morgan fingerprint density at radius 2 is 1.73 bits per heavy atom. The molecule has 0 bridgehead atoms. The van der Waals surface area contributed by atoms with E-state index >= 15 is 0 Å².